The maximum Gasteiger partial charge on any atom is 0.150 e. The van der Waals surface area contributed by atoms with Gasteiger partial charge in [0.1, 0.15) is 0 Å². The molecule has 0 spiro atoms. The van der Waals surface area contributed by atoms with Gasteiger partial charge in [-0.3, -0.25) is 4.68 Å². The van der Waals surface area contributed by atoms with E-state index in [0.717, 1.165) is 23.7 Å². The third-order valence-electron chi connectivity index (χ3n) is 3.76. The van der Waals surface area contributed by atoms with Crippen LogP contribution in [0.5, 0.6) is 0 Å². The lowest BCUT2D eigenvalue weighted by atomic mass is 9.98. The molecule has 2 rings (SSSR count). The number of rotatable bonds is 3. The summed E-state index contributed by atoms with van der Waals surface area (Å²) in [5.41, 5.74) is 7.97. The third kappa shape index (κ3) is 2.26. The Morgan fingerprint density at radius 1 is 1.41 bits per heavy atom. The van der Waals surface area contributed by atoms with Crippen molar-refractivity contribution in [3.8, 4) is 0 Å². The van der Waals surface area contributed by atoms with Crippen molar-refractivity contribution in [2.45, 2.75) is 52.0 Å². The zero-order valence-electron chi connectivity index (χ0n) is 11.2. The van der Waals surface area contributed by atoms with Crippen molar-refractivity contribution in [3.63, 3.8) is 0 Å². The van der Waals surface area contributed by atoms with E-state index < -0.39 is 0 Å². The van der Waals surface area contributed by atoms with Crippen LogP contribution in [-0.4, -0.2) is 22.4 Å². The first-order valence-electron chi connectivity index (χ1n) is 6.70. The second kappa shape index (κ2) is 4.98. The highest BCUT2D eigenvalue weighted by atomic mass is 15.4. The number of nitrogens with zero attached hydrogens (tertiary/aromatic N) is 3. The average molecular weight is 236 g/mol. The Kier molecular flexibility index (Phi) is 3.60. The Bertz CT molecular complexity index is 381. The molecule has 96 valence electrons. The minimum atomic E-state index is 0.644. The van der Waals surface area contributed by atoms with Gasteiger partial charge in [-0.1, -0.05) is 13.3 Å². The van der Waals surface area contributed by atoms with Gasteiger partial charge in [-0.05, 0) is 32.6 Å². The van der Waals surface area contributed by atoms with Crippen molar-refractivity contribution in [3.05, 3.63) is 5.69 Å². The smallest absolute Gasteiger partial charge is 0.150 e. The van der Waals surface area contributed by atoms with Crippen LogP contribution in [0.3, 0.4) is 0 Å². The lowest BCUT2D eigenvalue weighted by Crippen LogP contribution is -2.41. The summed E-state index contributed by atoms with van der Waals surface area (Å²) in [6.45, 7) is 5.36. The molecule has 2 heterocycles. The van der Waals surface area contributed by atoms with E-state index in [9.17, 15) is 0 Å². The van der Waals surface area contributed by atoms with Crippen LogP contribution in [0.4, 0.5) is 11.5 Å². The average Bonchev–Trinajstić information content (AvgIpc) is 2.55. The number of aromatic nitrogens is 2. The molecule has 0 aliphatic carbocycles. The largest absolute Gasteiger partial charge is 0.394 e. The molecule has 1 saturated heterocycles. The molecule has 0 radical (unpaired) electrons. The van der Waals surface area contributed by atoms with Crippen molar-refractivity contribution in [2.75, 3.05) is 17.2 Å². The quantitative estimate of drug-likeness (QED) is 0.877. The zero-order chi connectivity index (χ0) is 12.4. The predicted molar refractivity (Wildman–Crippen MR) is 72.3 cm³/mol. The van der Waals surface area contributed by atoms with E-state index in [2.05, 4.69) is 16.9 Å². The van der Waals surface area contributed by atoms with Crippen molar-refractivity contribution in [1.29, 1.82) is 0 Å². The normalized spacial score (nSPS) is 20.9. The Hall–Kier alpha value is -1.19. The molecule has 0 bridgehead atoms. The fourth-order valence-corrected chi connectivity index (χ4v) is 2.92. The summed E-state index contributed by atoms with van der Waals surface area (Å²) in [6, 6.07) is 0.644. The number of hydrogen-bond donors (Lipinski definition) is 1. The van der Waals surface area contributed by atoms with Gasteiger partial charge in [0.05, 0.1) is 11.4 Å². The van der Waals surface area contributed by atoms with Gasteiger partial charge in [-0.15, -0.1) is 0 Å². The molecule has 1 atom stereocenters. The summed E-state index contributed by atoms with van der Waals surface area (Å²) in [5.74, 6) is 1.13. The van der Waals surface area contributed by atoms with E-state index >= 15 is 0 Å². The van der Waals surface area contributed by atoms with E-state index in [4.69, 9.17) is 5.73 Å². The molecule has 1 unspecified atom stereocenters. The zero-order valence-corrected chi connectivity index (χ0v) is 11.2. The second-order valence-corrected chi connectivity index (χ2v) is 5.08. The molecule has 1 aromatic rings. The van der Waals surface area contributed by atoms with Crippen LogP contribution < -0.4 is 10.6 Å². The first-order chi connectivity index (χ1) is 8.15. The maximum atomic E-state index is 6.17. The highest BCUT2D eigenvalue weighted by Crippen LogP contribution is 2.32. The first-order valence-corrected chi connectivity index (χ1v) is 6.70. The minimum absolute atomic E-state index is 0.644. The Labute approximate surface area is 104 Å². The molecular weight excluding hydrogens is 212 g/mol. The Morgan fingerprint density at radius 2 is 2.18 bits per heavy atom. The maximum absolute atomic E-state index is 6.17. The van der Waals surface area contributed by atoms with Gasteiger partial charge in [0, 0.05) is 19.6 Å². The lowest BCUT2D eigenvalue weighted by Gasteiger charge is -2.37. The topological polar surface area (TPSA) is 47.1 Å². The highest BCUT2D eigenvalue weighted by molar-refractivity contribution is 5.66. The van der Waals surface area contributed by atoms with Crippen LogP contribution in [0.25, 0.3) is 0 Å². The van der Waals surface area contributed by atoms with E-state index in [1.807, 2.05) is 18.7 Å². The van der Waals surface area contributed by atoms with Crippen LogP contribution in [-0.2, 0) is 7.05 Å². The van der Waals surface area contributed by atoms with Gasteiger partial charge >= 0.3 is 0 Å². The van der Waals surface area contributed by atoms with Crippen LogP contribution >= 0.6 is 0 Å². The van der Waals surface area contributed by atoms with Gasteiger partial charge < -0.3 is 10.6 Å². The Morgan fingerprint density at radius 3 is 2.76 bits per heavy atom. The van der Waals surface area contributed by atoms with Gasteiger partial charge in [-0.2, -0.15) is 5.10 Å². The van der Waals surface area contributed by atoms with E-state index in [0.29, 0.717) is 6.04 Å². The summed E-state index contributed by atoms with van der Waals surface area (Å²) < 4.78 is 1.94. The molecule has 4 heteroatoms. The Balaban J connectivity index is 2.29. The standard InChI is InChI=1S/C13H24N4/c1-4-7-11-8-5-6-9-17(11)13-12(14)10(2)15-16(13)3/h11H,4-9,14H2,1-3H3. The summed E-state index contributed by atoms with van der Waals surface area (Å²) in [6.07, 6.45) is 6.39. The van der Waals surface area contributed by atoms with Gasteiger partial charge in [-0.25, -0.2) is 0 Å². The number of anilines is 2. The molecule has 0 amide bonds. The molecule has 2 N–H and O–H groups in total. The van der Waals surface area contributed by atoms with Gasteiger partial charge in [0.25, 0.3) is 0 Å². The number of nitrogens with two attached hydrogens (primary N) is 1. The number of hydrogen-bond acceptors (Lipinski definition) is 3. The molecule has 1 aromatic heterocycles. The number of aryl methyl sites for hydroxylation is 2. The van der Waals surface area contributed by atoms with Gasteiger partial charge in [0.2, 0.25) is 0 Å². The predicted octanol–water partition coefficient (Wildman–Crippen LogP) is 2.47. The molecular formula is C13H24N4. The molecule has 0 aromatic carbocycles. The van der Waals surface area contributed by atoms with Crippen LogP contribution in [0, 0.1) is 6.92 Å². The molecule has 1 aliphatic rings. The van der Waals surface area contributed by atoms with Crippen molar-refractivity contribution >= 4 is 11.5 Å². The number of piperidine rings is 1. The molecule has 4 nitrogen and oxygen atoms in total. The highest BCUT2D eigenvalue weighted by Gasteiger charge is 2.26. The van der Waals surface area contributed by atoms with Gasteiger partial charge in [0.15, 0.2) is 5.82 Å². The molecule has 1 fully saturated rings. The lowest BCUT2D eigenvalue weighted by molar-refractivity contribution is 0.427. The van der Waals surface area contributed by atoms with E-state index in [-0.39, 0.29) is 0 Å². The minimum Gasteiger partial charge on any atom is -0.394 e. The van der Waals surface area contributed by atoms with E-state index in [1.54, 1.807) is 0 Å². The first kappa shape index (κ1) is 12.3. The molecule has 1 aliphatic heterocycles. The number of nitrogen functional groups attached to an aromatic ring is 1. The summed E-state index contributed by atoms with van der Waals surface area (Å²) in [7, 11) is 2.00. The fourth-order valence-electron chi connectivity index (χ4n) is 2.92. The summed E-state index contributed by atoms with van der Waals surface area (Å²) >= 11 is 0. The van der Waals surface area contributed by atoms with Crippen LogP contribution in [0.15, 0.2) is 0 Å². The summed E-state index contributed by atoms with van der Waals surface area (Å²) in [5, 5.41) is 4.43. The van der Waals surface area contributed by atoms with Crippen LogP contribution in [0.1, 0.15) is 44.7 Å². The SMILES string of the molecule is CCCC1CCCCN1c1c(N)c(C)nn1C. The summed E-state index contributed by atoms with van der Waals surface area (Å²) in [4.78, 5) is 2.47. The molecule has 17 heavy (non-hydrogen) atoms. The molecule has 0 saturated carbocycles. The van der Waals surface area contributed by atoms with Crippen molar-refractivity contribution < 1.29 is 0 Å². The second-order valence-electron chi connectivity index (χ2n) is 5.08. The fraction of sp³-hybridized carbons (Fsp3) is 0.769. The van der Waals surface area contributed by atoms with Crippen molar-refractivity contribution in [1.82, 2.24) is 9.78 Å². The van der Waals surface area contributed by atoms with Crippen LogP contribution in [0.2, 0.25) is 0 Å². The monoisotopic (exact) mass is 236 g/mol. The van der Waals surface area contributed by atoms with Crippen molar-refractivity contribution in [2.24, 2.45) is 7.05 Å². The third-order valence-corrected chi connectivity index (χ3v) is 3.76. The van der Waals surface area contributed by atoms with E-state index in [1.165, 1.54) is 32.1 Å².